The summed E-state index contributed by atoms with van der Waals surface area (Å²) in [6.45, 7) is 10.7. The zero-order valence-corrected chi connectivity index (χ0v) is 13.1. The number of nitrogens with zero attached hydrogens (tertiary/aromatic N) is 2. The lowest BCUT2D eigenvalue weighted by Crippen LogP contribution is -2.27. The number of hydrogen-bond donors (Lipinski definition) is 1. The molecule has 0 radical (unpaired) electrons. The van der Waals surface area contributed by atoms with Crippen LogP contribution in [0.4, 0.5) is 0 Å². The van der Waals surface area contributed by atoms with E-state index in [1.165, 1.54) is 0 Å². The molecule has 1 N–H and O–H groups in total. The van der Waals surface area contributed by atoms with Crippen molar-refractivity contribution < 1.29 is 0 Å². The van der Waals surface area contributed by atoms with Crippen LogP contribution in [0.5, 0.6) is 0 Å². The number of aryl methyl sites for hydroxylation is 2. The fraction of sp³-hybridized carbons (Fsp3) is 0.769. The Kier molecular flexibility index (Phi) is 6.47. The van der Waals surface area contributed by atoms with E-state index >= 15 is 0 Å². The Bertz CT molecular complexity index is 375. The fourth-order valence-corrected chi connectivity index (χ4v) is 2.20. The van der Waals surface area contributed by atoms with Crippen LogP contribution in [0, 0.1) is 5.92 Å². The summed E-state index contributed by atoms with van der Waals surface area (Å²) in [5, 5.41) is 8.79. The molecule has 5 heteroatoms. The monoisotopic (exact) mass is 291 g/mol. The van der Waals surface area contributed by atoms with Crippen molar-refractivity contribution in [2.24, 2.45) is 5.92 Å². The van der Waals surface area contributed by atoms with E-state index in [9.17, 15) is 0 Å². The molecule has 1 unspecified atom stereocenters. The first-order chi connectivity index (χ1) is 8.51. The zero-order valence-electron chi connectivity index (χ0n) is 11.6. The quantitative estimate of drug-likeness (QED) is 0.780. The zero-order chi connectivity index (χ0) is 13.7. The lowest BCUT2D eigenvalue weighted by atomic mass is 10.1. The molecule has 1 rings (SSSR count). The summed E-state index contributed by atoms with van der Waals surface area (Å²) < 4.78 is 1.97. The Morgan fingerprint density at radius 1 is 1.33 bits per heavy atom. The first-order valence-corrected chi connectivity index (χ1v) is 7.41. The highest BCUT2D eigenvalue weighted by Gasteiger charge is 2.15. The van der Waals surface area contributed by atoms with Crippen LogP contribution in [-0.2, 0) is 19.5 Å². The number of nitrogens with one attached hydrogen (secondary N) is 1. The number of halogens is 2. The second kappa shape index (κ2) is 7.37. The molecule has 1 aromatic heterocycles. The van der Waals surface area contributed by atoms with Gasteiger partial charge in [0.2, 0.25) is 0 Å². The summed E-state index contributed by atoms with van der Waals surface area (Å²) in [7, 11) is 0. The summed E-state index contributed by atoms with van der Waals surface area (Å²) in [6.07, 6.45) is 0.864. The molecule has 1 atom stereocenters. The molecular formula is C13H23Cl2N3. The molecule has 0 fully saturated rings. The van der Waals surface area contributed by atoms with Gasteiger partial charge in [0.1, 0.15) is 0 Å². The molecule has 1 heterocycles. The van der Waals surface area contributed by atoms with Gasteiger partial charge in [-0.15, -0.1) is 11.6 Å². The molecule has 0 aliphatic heterocycles. The summed E-state index contributed by atoms with van der Waals surface area (Å²) in [5.74, 6) is 0.469. The molecule has 104 valence electrons. The van der Waals surface area contributed by atoms with Crippen LogP contribution in [0.3, 0.4) is 0 Å². The first kappa shape index (κ1) is 15.8. The van der Waals surface area contributed by atoms with Crippen LogP contribution in [0.1, 0.15) is 39.1 Å². The van der Waals surface area contributed by atoms with Gasteiger partial charge in [-0.1, -0.05) is 32.4 Å². The SMILES string of the molecule is CCc1nn(CC)c(CNCC(Cl)C(C)C)c1Cl. The number of rotatable bonds is 7. The van der Waals surface area contributed by atoms with Gasteiger partial charge >= 0.3 is 0 Å². The van der Waals surface area contributed by atoms with Crippen LogP contribution < -0.4 is 5.32 Å². The Hall–Kier alpha value is -0.250. The van der Waals surface area contributed by atoms with Gasteiger partial charge in [-0.25, -0.2) is 0 Å². The van der Waals surface area contributed by atoms with Crippen LogP contribution >= 0.6 is 23.2 Å². The highest BCUT2D eigenvalue weighted by Crippen LogP contribution is 2.21. The maximum atomic E-state index is 6.33. The van der Waals surface area contributed by atoms with E-state index in [0.29, 0.717) is 5.92 Å². The largest absolute Gasteiger partial charge is 0.310 e. The van der Waals surface area contributed by atoms with Crippen LogP contribution in [0.15, 0.2) is 0 Å². The molecule has 0 aliphatic carbocycles. The first-order valence-electron chi connectivity index (χ1n) is 6.60. The lowest BCUT2D eigenvalue weighted by Gasteiger charge is -2.14. The second-order valence-electron chi connectivity index (χ2n) is 4.77. The van der Waals surface area contributed by atoms with E-state index in [4.69, 9.17) is 23.2 Å². The molecule has 0 spiro atoms. The van der Waals surface area contributed by atoms with E-state index in [1.54, 1.807) is 0 Å². The second-order valence-corrected chi connectivity index (χ2v) is 5.71. The summed E-state index contributed by atoms with van der Waals surface area (Å²) in [5.41, 5.74) is 2.03. The Morgan fingerprint density at radius 2 is 2.00 bits per heavy atom. The average molecular weight is 292 g/mol. The third-order valence-corrected chi connectivity index (χ3v) is 4.14. The van der Waals surface area contributed by atoms with Gasteiger partial charge in [0, 0.05) is 25.0 Å². The van der Waals surface area contributed by atoms with Crippen molar-refractivity contribution in [2.75, 3.05) is 6.54 Å². The highest BCUT2D eigenvalue weighted by molar-refractivity contribution is 6.31. The third kappa shape index (κ3) is 3.87. The van der Waals surface area contributed by atoms with Gasteiger partial charge < -0.3 is 5.32 Å². The van der Waals surface area contributed by atoms with Crippen molar-refractivity contribution in [3.05, 3.63) is 16.4 Å². The maximum Gasteiger partial charge on any atom is 0.0863 e. The average Bonchev–Trinajstić information content (AvgIpc) is 2.65. The van der Waals surface area contributed by atoms with Crippen LogP contribution in [0.2, 0.25) is 5.02 Å². The molecule has 3 nitrogen and oxygen atoms in total. The van der Waals surface area contributed by atoms with Gasteiger partial charge in [-0.05, 0) is 19.3 Å². The van der Waals surface area contributed by atoms with E-state index in [0.717, 1.165) is 42.5 Å². The molecule has 0 aromatic carbocycles. The maximum absolute atomic E-state index is 6.33. The molecule has 0 amide bonds. The minimum Gasteiger partial charge on any atom is -0.310 e. The number of hydrogen-bond acceptors (Lipinski definition) is 2. The Balaban J connectivity index is 2.64. The molecule has 0 saturated heterocycles. The van der Waals surface area contributed by atoms with Crippen molar-refractivity contribution in [1.82, 2.24) is 15.1 Å². The summed E-state index contributed by atoms with van der Waals surface area (Å²) in [4.78, 5) is 0. The molecule has 0 saturated carbocycles. The fourth-order valence-electron chi connectivity index (χ4n) is 1.75. The number of alkyl halides is 1. The minimum absolute atomic E-state index is 0.146. The molecule has 0 aliphatic rings. The summed E-state index contributed by atoms with van der Waals surface area (Å²) >= 11 is 12.5. The Labute approximate surface area is 120 Å². The smallest absolute Gasteiger partial charge is 0.0863 e. The predicted octanol–water partition coefficient (Wildman–Crippen LogP) is 3.47. The Morgan fingerprint density at radius 3 is 2.50 bits per heavy atom. The van der Waals surface area contributed by atoms with Gasteiger partial charge in [0.25, 0.3) is 0 Å². The van der Waals surface area contributed by atoms with Crippen molar-refractivity contribution in [3.63, 3.8) is 0 Å². The van der Waals surface area contributed by atoms with Gasteiger partial charge in [-0.3, -0.25) is 4.68 Å². The predicted molar refractivity (Wildman–Crippen MR) is 78.5 cm³/mol. The van der Waals surface area contributed by atoms with E-state index in [2.05, 4.69) is 38.1 Å². The van der Waals surface area contributed by atoms with E-state index in [-0.39, 0.29) is 5.38 Å². The topological polar surface area (TPSA) is 29.9 Å². The van der Waals surface area contributed by atoms with E-state index < -0.39 is 0 Å². The van der Waals surface area contributed by atoms with Crippen LogP contribution in [0.25, 0.3) is 0 Å². The molecule has 0 bridgehead atoms. The highest BCUT2D eigenvalue weighted by atomic mass is 35.5. The van der Waals surface area contributed by atoms with Gasteiger partial charge in [0.15, 0.2) is 0 Å². The van der Waals surface area contributed by atoms with Crippen LogP contribution in [-0.4, -0.2) is 21.7 Å². The third-order valence-electron chi connectivity index (χ3n) is 3.05. The molecule has 18 heavy (non-hydrogen) atoms. The number of aromatic nitrogens is 2. The normalized spacial score (nSPS) is 13.3. The van der Waals surface area contributed by atoms with Gasteiger partial charge in [-0.2, -0.15) is 5.10 Å². The van der Waals surface area contributed by atoms with E-state index in [1.807, 2.05) is 4.68 Å². The van der Waals surface area contributed by atoms with Crippen molar-refractivity contribution in [2.45, 2.75) is 52.6 Å². The lowest BCUT2D eigenvalue weighted by molar-refractivity contribution is 0.526. The molecular weight excluding hydrogens is 269 g/mol. The van der Waals surface area contributed by atoms with Crippen molar-refractivity contribution >= 4 is 23.2 Å². The van der Waals surface area contributed by atoms with Gasteiger partial charge in [0.05, 0.1) is 16.4 Å². The standard InChI is InChI=1S/C13H23Cl2N3/c1-5-11-13(15)12(18(6-2)17-11)8-16-7-10(14)9(3)4/h9-10,16H,5-8H2,1-4H3. The minimum atomic E-state index is 0.146. The van der Waals surface area contributed by atoms with Crippen molar-refractivity contribution in [3.8, 4) is 0 Å². The summed E-state index contributed by atoms with van der Waals surface area (Å²) in [6, 6.07) is 0. The molecule has 1 aromatic rings. The van der Waals surface area contributed by atoms with Crippen molar-refractivity contribution in [1.29, 1.82) is 0 Å².